The van der Waals surface area contributed by atoms with E-state index in [2.05, 4.69) is 13.8 Å². The molecule has 16 heavy (non-hydrogen) atoms. The van der Waals surface area contributed by atoms with Crippen molar-refractivity contribution in [1.82, 2.24) is 0 Å². The standard InChI is InChI=1S/C12H22O3S/c1-3-10(4-2)7-12(13)8-11-5-6-16(14,15)9-11/h10-11H,3-9H2,1-2H3. The van der Waals surface area contributed by atoms with Crippen molar-refractivity contribution >= 4 is 15.6 Å². The van der Waals surface area contributed by atoms with Crippen molar-refractivity contribution in [2.24, 2.45) is 11.8 Å². The molecule has 1 heterocycles. The normalized spacial score (nSPS) is 23.8. The second kappa shape index (κ2) is 5.80. The Morgan fingerprint density at radius 1 is 1.31 bits per heavy atom. The number of sulfone groups is 1. The van der Waals surface area contributed by atoms with Crippen molar-refractivity contribution in [3.05, 3.63) is 0 Å². The van der Waals surface area contributed by atoms with Crippen LogP contribution >= 0.6 is 0 Å². The largest absolute Gasteiger partial charge is 0.300 e. The Kier molecular flexibility index (Phi) is 4.96. The molecule has 4 heteroatoms. The molecule has 1 fully saturated rings. The predicted octanol–water partition coefficient (Wildman–Crippen LogP) is 2.21. The van der Waals surface area contributed by atoms with E-state index in [1.54, 1.807) is 0 Å². The van der Waals surface area contributed by atoms with Gasteiger partial charge >= 0.3 is 0 Å². The number of hydrogen-bond donors (Lipinski definition) is 0. The number of rotatable bonds is 6. The van der Waals surface area contributed by atoms with Gasteiger partial charge in [-0.2, -0.15) is 0 Å². The van der Waals surface area contributed by atoms with Crippen molar-refractivity contribution in [3.63, 3.8) is 0 Å². The third kappa shape index (κ3) is 4.24. The van der Waals surface area contributed by atoms with Gasteiger partial charge < -0.3 is 0 Å². The number of Topliss-reactive ketones (excluding diaryl/α,β-unsaturated/α-hetero) is 1. The highest BCUT2D eigenvalue weighted by Crippen LogP contribution is 2.24. The lowest BCUT2D eigenvalue weighted by atomic mass is 9.92. The molecule has 3 nitrogen and oxygen atoms in total. The van der Waals surface area contributed by atoms with E-state index in [1.807, 2.05) is 0 Å². The quantitative estimate of drug-likeness (QED) is 0.722. The number of hydrogen-bond acceptors (Lipinski definition) is 3. The smallest absolute Gasteiger partial charge is 0.150 e. The summed E-state index contributed by atoms with van der Waals surface area (Å²) in [5.74, 6) is 1.31. The van der Waals surface area contributed by atoms with Crippen LogP contribution in [0.15, 0.2) is 0 Å². The summed E-state index contributed by atoms with van der Waals surface area (Å²) >= 11 is 0. The summed E-state index contributed by atoms with van der Waals surface area (Å²) < 4.78 is 22.5. The summed E-state index contributed by atoms with van der Waals surface area (Å²) in [4.78, 5) is 11.7. The number of carbonyl (C=O) groups is 1. The second-order valence-electron chi connectivity index (χ2n) is 4.90. The summed E-state index contributed by atoms with van der Waals surface area (Å²) in [5.41, 5.74) is 0. The van der Waals surface area contributed by atoms with Gasteiger partial charge in [0.1, 0.15) is 5.78 Å². The average molecular weight is 246 g/mol. The van der Waals surface area contributed by atoms with Crippen LogP contribution in [-0.4, -0.2) is 25.7 Å². The first-order valence-corrected chi connectivity index (χ1v) is 8.01. The molecule has 0 radical (unpaired) electrons. The van der Waals surface area contributed by atoms with E-state index in [-0.39, 0.29) is 23.2 Å². The molecular formula is C12H22O3S. The van der Waals surface area contributed by atoms with Crippen molar-refractivity contribution in [3.8, 4) is 0 Å². The van der Waals surface area contributed by atoms with Gasteiger partial charge in [0, 0.05) is 12.8 Å². The number of ketones is 1. The average Bonchev–Trinajstić information content (AvgIpc) is 2.54. The Hall–Kier alpha value is -0.380. The fourth-order valence-electron chi connectivity index (χ4n) is 2.34. The van der Waals surface area contributed by atoms with Gasteiger partial charge in [-0.05, 0) is 18.3 Å². The molecule has 1 unspecified atom stereocenters. The molecule has 1 aliphatic rings. The van der Waals surface area contributed by atoms with Crippen molar-refractivity contribution in [1.29, 1.82) is 0 Å². The van der Waals surface area contributed by atoms with E-state index in [1.165, 1.54) is 0 Å². The minimum absolute atomic E-state index is 0.0897. The SMILES string of the molecule is CCC(CC)CC(=O)CC1CCS(=O)(=O)C1. The first-order chi connectivity index (χ1) is 7.46. The van der Waals surface area contributed by atoms with Gasteiger partial charge in [-0.1, -0.05) is 26.7 Å². The van der Waals surface area contributed by atoms with Gasteiger partial charge in [0.15, 0.2) is 9.84 Å². The van der Waals surface area contributed by atoms with Gasteiger partial charge in [0.25, 0.3) is 0 Å². The summed E-state index contributed by atoms with van der Waals surface area (Å²) in [6.45, 7) is 4.20. The Bertz CT molecular complexity index is 328. The van der Waals surface area contributed by atoms with Crippen LogP contribution in [0.2, 0.25) is 0 Å². The summed E-state index contributed by atoms with van der Waals surface area (Å²) in [6.07, 6.45) is 3.84. The highest BCUT2D eigenvalue weighted by Gasteiger charge is 2.29. The van der Waals surface area contributed by atoms with E-state index >= 15 is 0 Å². The van der Waals surface area contributed by atoms with Crippen molar-refractivity contribution < 1.29 is 13.2 Å². The van der Waals surface area contributed by atoms with Crippen LogP contribution in [0.25, 0.3) is 0 Å². The van der Waals surface area contributed by atoms with Gasteiger partial charge in [0.05, 0.1) is 11.5 Å². The molecule has 0 bridgehead atoms. The molecule has 1 atom stereocenters. The molecule has 0 aliphatic carbocycles. The number of carbonyl (C=O) groups excluding carboxylic acids is 1. The zero-order chi connectivity index (χ0) is 12.2. The van der Waals surface area contributed by atoms with E-state index in [9.17, 15) is 13.2 Å². The zero-order valence-electron chi connectivity index (χ0n) is 10.2. The molecule has 0 saturated carbocycles. The van der Waals surface area contributed by atoms with Gasteiger partial charge in [-0.15, -0.1) is 0 Å². The van der Waals surface area contributed by atoms with E-state index in [4.69, 9.17) is 0 Å². The van der Waals surface area contributed by atoms with Crippen LogP contribution in [0.4, 0.5) is 0 Å². The minimum Gasteiger partial charge on any atom is -0.300 e. The van der Waals surface area contributed by atoms with Crippen LogP contribution in [0.5, 0.6) is 0 Å². The first-order valence-electron chi connectivity index (χ1n) is 6.19. The lowest BCUT2D eigenvalue weighted by Gasteiger charge is -2.12. The lowest BCUT2D eigenvalue weighted by molar-refractivity contribution is -0.120. The fourth-order valence-corrected chi connectivity index (χ4v) is 4.20. The second-order valence-corrected chi connectivity index (χ2v) is 7.13. The molecule has 0 N–H and O–H groups in total. The topological polar surface area (TPSA) is 51.2 Å². The van der Waals surface area contributed by atoms with Gasteiger partial charge in [0.2, 0.25) is 0 Å². The maximum atomic E-state index is 11.7. The molecular weight excluding hydrogens is 224 g/mol. The molecule has 1 saturated heterocycles. The monoisotopic (exact) mass is 246 g/mol. The van der Waals surface area contributed by atoms with E-state index in [0.717, 1.165) is 12.8 Å². The summed E-state index contributed by atoms with van der Waals surface area (Å²) in [7, 11) is -2.83. The molecule has 0 aromatic heterocycles. The van der Waals surface area contributed by atoms with E-state index in [0.29, 0.717) is 25.2 Å². The fraction of sp³-hybridized carbons (Fsp3) is 0.917. The molecule has 1 rings (SSSR count). The Morgan fingerprint density at radius 2 is 1.94 bits per heavy atom. The van der Waals surface area contributed by atoms with Crippen molar-refractivity contribution in [2.45, 2.75) is 46.0 Å². The minimum atomic E-state index is -2.83. The zero-order valence-corrected chi connectivity index (χ0v) is 11.1. The van der Waals surface area contributed by atoms with Gasteiger partial charge in [-0.25, -0.2) is 8.42 Å². The van der Waals surface area contributed by atoms with E-state index < -0.39 is 9.84 Å². The predicted molar refractivity (Wildman–Crippen MR) is 65.1 cm³/mol. The van der Waals surface area contributed by atoms with Gasteiger partial charge in [-0.3, -0.25) is 4.79 Å². The Morgan fingerprint density at radius 3 is 2.38 bits per heavy atom. The molecule has 0 aromatic rings. The summed E-state index contributed by atoms with van der Waals surface area (Å²) in [5, 5.41) is 0. The third-order valence-electron chi connectivity index (χ3n) is 3.51. The molecule has 94 valence electrons. The van der Waals surface area contributed by atoms with Crippen LogP contribution < -0.4 is 0 Å². The van der Waals surface area contributed by atoms with Crippen LogP contribution in [0.1, 0.15) is 46.0 Å². The summed E-state index contributed by atoms with van der Waals surface area (Å²) in [6, 6.07) is 0. The Labute approximate surface area is 98.5 Å². The molecule has 0 amide bonds. The highest BCUT2D eigenvalue weighted by atomic mass is 32.2. The maximum Gasteiger partial charge on any atom is 0.150 e. The molecule has 0 spiro atoms. The van der Waals surface area contributed by atoms with Crippen LogP contribution in [0.3, 0.4) is 0 Å². The third-order valence-corrected chi connectivity index (χ3v) is 5.35. The maximum absolute atomic E-state index is 11.7. The Balaban J connectivity index is 2.35. The molecule has 0 aromatic carbocycles. The molecule has 1 aliphatic heterocycles. The van der Waals surface area contributed by atoms with Crippen molar-refractivity contribution in [2.75, 3.05) is 11.5 Å². The lowest BCUT2D eigenvalue weighted by Crippen LogP contribution is -2.13. The van der Waals surface area contributed by atoms with Crippen LogP contribution in [-0.2, 0) is 14.6 Å². The highest BCUT2D eigenvalue weighted by molar-refractivity contribution is 7.91. The first kappa shape index (κ1) is 13.7. The van der Waals surface area contributed by atoms with Crippen LogP contribution in [0, 0.1) is 11.8 Å².